The lowest BCUT2D eigenvalue weighted by molar-refractivity contribution is 0.417. The Balaban J connectivity index is 2.11. The topological polar surface area (TPSA) is 34.2 Å². The summed E-state index contributed by atoms with van der Waals surface area (Å²) in [6, 6.07) is 9.11. The van der Waals surface area contributed by atoms with Gasteiger partial charge in [-0.3, -0.25) is 0 Å². The third-order valence-electron chi connectivity index (χ3n) is 2.91. The Labute approximate surface area is 118 Å². The van der Waals surface area contributed by atoms with Crippen LogP contribution in [0, 0.1) is 12.7 Å². The third kappa shape index (κ3) is 3.78. The van der Waals surface area contributed by atoms with Gasteiger partial charge in [0.05, 0.1) is 0 Å². The predicted octanol–water partition coefficient (Wildman–Crippen LogP) is 3.82. The van der Waals surface area contributed by atoms with E-state index >= 15 is 0 Å². The van der Waals surface area contributed by atoms with Crippen LogP contribution in [0.15, 0.2) is 36.5 Å². The summed E-state index contributed by atoms with van der Waals surface area (Å²) in [5, 5.41) is 3.17. The maximum atomic E-state index is 14.2. The third-order valence-corrected chi connectivity index (χ3v) is 2.91. The Morgan fingerprint density at radius 3 is 2.65 bits per heavy atom. The molecule has 4 heteroatoms. The highest BCUT2D eigenvalue weighted by Crippen LogP contribution is 2.24. The van der Waals surface area contributed by atoms with Crippen molar-refractivity contribution in [3.63, 3.8) is 0 Å². The van der Waals surface area contributed by atoms with Crippen molar-refractivity contribution in [2.45, 2.75) is 26.8 Å². The highest BCUT2D eigenvalue weighted by atomic mass is 19.1. The first-order chi connectivity index (χ1) is 9.70. The molecule has 1 heterocycles. The minimum atomic E-state index is -0.406. The summed E-state index contributed by atoms with van der Waals surface area (Å²) < 4.78 is 19.7. The minimum absolute atomic E-state index is 0.0182. The lowest BCUT2D eigenvalue weighted by atomic mass is 10.2. The largest absolute Gasteiger partial charge is 0.436 e. The van der Waals surface area contributed by atoms with Gasteiger partial charge in [-0.2, -0.15) is 0 Å². The normalized spacial score (nSPS) is 10.6. The lowest BCUT2D eigenvalue weighted by Gasteiger charge is -2.09. The maximum absolute atomic E-state index is 14.2. The SMILES string of the molecule is CCCNCc1ccnc(Oc2ccc(C)cc2)c1F. The van der Waals surface area contributed by atoms with E-state index in [9.17, 15) is 4.39 Å². The Kier molecular flexibility index (Phi) is 5.07. The highest BCUT2D eigenvalue weighted by molar-refractivity contribution is 5.32. The van der Waals surface area contributed by atoms with Crippen LogP contribution in [0.5, 0.6) is 11.6 Å². The fraction of sp³-hybridized carbons (Fsp3) is 0.312. The molecule has 0 radical (unpaired) electrons. The van der Waals surface area contributed by atoms with Crippen LogP contribution in [0.2, 0.25) is 0 Å². The van der Waals surface area contributed by atoms with E-state index < -0.39 is 5.82 Å². The molecule has 0 spiro atoms. The Bertz CT molecular complexity index is 555. The van der Waals surface area contributed by atoms with E-state index in [0.29, 0.717) is 17.9 Å². The molecule has 2 aromatic rings. The number of ether oxygens (including phenoxy) is 1. The molecule has 0 aliphatic carbocycles. The van der Waals surface area contributed by atoms with Crippen molar-refractivity contribution < 1.29 is 9.13 Å². The highest BCUT2D eigenvalue weighted by Gasteiger charge is 2.11. The molecule has 0 bridgehead atoms. The molecule has 1 N–H and O–H groups in total. The second-order valence-corrected chi connectivity index (χ2v) is 4.68. The van der Waals surface area contributed by atoms with Gasteiger partial charge in [0.25, 0.3) is 5.88 Å². The summed E-state index contributed by atoms with van der Waals surface area (Å²) in [6.07, 6.45) is 2.58. The molecule has 0 saturated carbocycles. The number of rotatable bonds is 6. The average Bonchev–Trinajstić information content (AvgIpc) is 2.45. The van der Waals surface area contributed by atoms with E-state index in [-0.39, 0.29) is 5.88 Å². The number of halogens is 1. The van der Waals surface area contributed by atoms with Crippen molar-refractivity contribution in [2.24, 2.45) is 0 Å². The van der Waals surface area contributed by atoms with Gasteiger partial charge in [-0.1, -0.05) is 24.6 Å². The first-order valence-electron chi connectivity index (χ1n) is 6.79. The van der Waals surface area contributed by atoms with E-state index in [2.05, 4.69) is 17.2 Å². The van der Waals surface area contributed by atoms with Crippen molar-refractivity contribution in [2.75, 3.05) is 6.54 Å². The molecule has 106 valence electrons. The predicted molar refractivity (Wildman–Crippen MR) is 77.4 cm³/mol. The Morgan fingerprint density at radius 1 is 1.20 bits per heavy atom. The van der Waals surface area contributed by atoms with Crippen LogP contribution in [-0.4, -0.2) is 11.5 Å². The van der Waals surface area contributed by atoms with Gasteiger partial charge in [-0.15, -0.1) is 0 Å². The number of aromatic nitrogens is 1. The van der Waals surface area contributed by atoms with Gasteiger partial charge in [0.2, 0.25) is 0 Å². The van der Waals surface area contributed by atoms with Gasteiger partial charge in [-0.25, -0.2) is 9.37 Å². The van der Waals surface area contributed by atoms with Gasteiger partial charge >= 0.3 is 0 Å². The summed E-state index contributed by atoms with van der Waals surface area (Å²) in [7, 11) is 0. The number of aryl methyl sites for hydroxylation is 1. The van der Waals surface area contributed by atoms with E-state index in [1.165, 1.54) is 0 Å². The second kappa shape index (κ2) is 7.01. The summed E-state index contributed by atoms with van der Waals surface area (Å²) in [5.41, 5.74) is 1.69. The molecule has 2 rings (SSSR count). The van der Waals surface area contributed by atoms with Crippen LogP contribution < -0.4 is 10.1 Å². The first-order valence-corrected chi connectivity index (χ1v) is 6.79. The number of hydrogen-bond donors (Lipinski definition) is 1. The number of benzene rings is 1. The van der Waals surface area contributed by atoms with Crippen molar-refractivity contribution in [1.29, 1.82) is 0 Å². The van der Waals surface area contributed by atoms with Gasteiger partial charge in [0.1, 0.15) is 5.75 Å². The Morgan fingerprint density at radius 2 is 1.95 bits per heavy atom. The second-order valence-electron chi connectivity index (χ2n) is 4.68. The maximum Gasteiger partial charge on any atom is 0.256 e. The van der Waals surface area contributed by atoms with Gasteiger partial charge in [-0.05, 0) is 38.1 Å². The molecule has 1 aromatic heterocycles. The fourth-order valence-corrected chi connectivity index (χ4v) is 1.79. The van der Waals surface area contributed by atoms with Crippen molar-refractivity contribution >= 4 is 0 Å². The van der Waals surface area contributed by atoms with Crippen LogP contribution in [-0.2, 0) is 6.54 Å². The van der Waals surface area contributed by atoms with E-state index in [0.717, 1.165) is 18.5 Å². The van der Waals surface area contributed by atoms with Gasteiger partial charge in [0.15, 0.2) is 5.82 Å². The Hall–Kier alpha value is -1.94. The number of hydrogen-bond acceptors (Lipinski definition) is 3. The van der Waals surface area contributed by atoms with Crippen molar-refractivity contribution in [3.05, 3.63) is 53.5 Å². The lowest BCUT2D eigenvalue weighted by Crippen LogP contribution is -2.15. The first kappa shape index (κ1) is 14.5. The van der Waals surface area contributed by atoms with Crippen molar-refractivity contribution in [3.8, 4) is 11.6 Å². The van der Waals surface area contributed by atoms with E-state index in [4.69, 9.17) is 4.74 Å². The summed E-state index contributed by atoms with van der Waals surface area (Å²) >= 11 is 0. The van der Waals surface area contributed by atoms with Crippen molar-refractivity contribution in [1.82, 2.24) is 10.3 Å². The summed E-state index contributed by atoms with van der Waals surface area (Å²) in [4.78, 5) is 3.96. The van der Waals surface area contributed by atoms with Crippen LogP contribution in [0.1, 0.15) is 24.5 Å². The fourth-order valence-electron chi connectivity index (χ4n) is 1.79. The minimum Gasteiger partial charge on any atom is -0.436 e. The van der Waals surface area contributed by atoms with Crippen LogP contribution >= 0.6 is 0 Å². The summed E-state index contributed by atoms with van der Waals surface area (Å²) in [6.45, 7) is 5.40. The van der Waals surface area contributed by atoms with Gasteiger partial charge in [0, 0.05) is 18.3 Å². The quantitative estimate of drug-likeness (QED) is 0.813. The smallest absolute Gasteiger partial charge is 0.256 e. The van der Waals surface area contributed by atoms with Crippen LogP contribution in [0.25, 0.3) is 0 Å². The monoisotopic (exact) mass is 274 g/mol. The molecule has 1 aromatic carbocycles. The number of nitrogens with one attached hydrogen (secondary N) is 1. The molecule has 0 fully saturated rings. The van der Waals surface area contributed by atoms with E-state index in [1.807, 2.05) is 19.1 Å². The molecule has 0 amide bonds. The molecular formula is C16H19FN2O. The zero-order chi connectivity index (χ0) is 14.4. The molecule has 0 aliphatic heterocycles. The number of pyridine rings is 1. The van der Waals surface area contributed by atoms with E-state index in [1.54, 1.807) is 24.4 Å². The standard InChI is InChI=1S/C16H19FN2O/c1-3-9-18-11-13-8-10-19-16(15(13)17)20-14-6-4-12(2)5-7-14/h4-8,10,18H,3,9,11H2,1-2H3. The van der Waals surface area contributed by atoms with Crippen LogP contribution in [0.4, 0.5) is 4.39 Å². The van der Waals surface area contributed by atoms with Crippen LogP contribution in [0.3, 0.4) is 0 Å². The zero-order valence-electron chi connectivity index (χ0n) is 11.8. The molecular weight excluding hydrogens is 255 g/mol. The number of nitrogens with zero attached hydrogens (tertiary/aromatic N) is 1. The average molecular weight is 274 g/mol. The zero-order valence-corrected chi connectivity index (χ0v) is 11.8. The molecule has 0 aliphatic rings. The molecule has 0 unspecified atom stereocenters. The molecule has 20 heavy (non-hydrogen) atoms. The summed E-state index contributed by atoms with van der Waals surface area (Å²) in [5.74, 6) is 0.196. The molecule has 3 nitrogen and oxygen atoms in total. The van der Waals surface area contributed by atoms with Gasteiger partial charge < -0.3 is 10.1 Å². The molecule has 0 saturated heterocycles. The molecule has 0 atom stereocenters.